The minimum atomic E-state index is -0.264. The number of nitrogens with zero attached hydrogens (tertiary/aromatic N) is 3. The first-order valence-corrected chi connectivity index (χ1v) is 7.93. The fourth-order valence-corrected chi connectivity index (χ4v) is 3.30. The van der Waals surface area contributed by atoms with Crippen LogP contribution < -0.4 is 5.32 Å². The molecule has 1 saturated heterocycles. The van der Waals surface area contributed by atoms with Gasteiger partial charge in [0.2, 0.25) is 11.8 Å². The summed E-state index contributed by atoms with van der Waals surface area (Å²) >= 11 is 0. The lowest BCUT2D eigenvalue weighted by Crippen LogP contribution is -2.33. The van der Waals surface area contributed by atoms with Crippen molar-refractivity contribution in [1.29, 1.82) is 0 Å². The average molecular weight is 328 g/mol. The van der Waals surface area contributed by atoms with Gasteiger partial charge in [-0.25, -0.2) is 4.39 Å². The van der Waals surface area contributed by atoms with Crippen molar-refractivity contribution < 1.29 is 14.0 Å². The highest BCUT2D eigenvalue weighted by molar-refractivity contribution is 5.89. The number of benzene rings is 1. The van der Waals surface area contributed by atoms with Crippen molar-refractivity contribution in [3.05, 3.63) is 53.1 Å². The number of carbonyl (C=O) groups is 2. The summed E-state index contributed by atoms with van der Waals surface area (Å²) in [6.45, 7) is 2.00. The molecule has 1 atom stereocenters. The normalized spacial score (nSPS) is 19.5. The van der Waals surface area contributed by atoms with Gasteiger partial charge in [0, 0.05) is 25.1 Å². The molecular weight excluding hydrogens is 311 g/mol. The van der Waals surface area contributed by atoms with Crippen LogP contribution in [0, 0.1) is 11.7 Å². The van der Waals surface area contributed by atoms with Gasteiger partial charge in [0.1, 0.15) is 5.82 Å². The molecule has 4 rings (SSSR count). The predicted molar refractivity (Wildman–Crippen MR) is 83.1 cm³/mol. The lowest BCUT2D eigenvalue weighted by molar-refractivity contribution is -0.136. The van der Waals surface area contributed by atoms with Gasteiger partial charge in [-0.3, -0.25) is 14.3 Å². The summed E-state index contributed by atoms with van der Waals surface area (Å²) in [5.41, 5.74) is 2.99. The van der Waals surface area contributed by atoms with Crippen LogP contribution in [0.5, 0.6) is 0 Å². The molecule has 7 heteroatoms. The molecule has 1 fully saturated rings. The SMILES string of the molecule is O=C1C[C@H](C(=O)N2Cc3cnn(Cc4ccc(F)cc4)c3C2)CN1. The monoisotopic (exact) mass is 328 g/mol. The minimum Gasteiger partial charge on any atom is -0.355 e. The highest BCUT2D eigenvalue weighted by Gasteiger charge is 2.35. The summed E-state index contributed by atoms with van der Waals surface area (Å²) in [4.78, 5) is 25.6. The Labute approximate surface area is 138 Å². The van der Waals surface area contributed by atoms with Crippen molar-refractivity contribution in [3.63, 3.8) is 0 Å². The van der Waals surface area contributed by atoms with Crippen LogP contribution >= 0.6 is 0 Å². The molecule has 1 N–H and O–H groups in total. The smallest absolute Gasteiger partial charge is 0.228 e. The van der Waals surface area contributed by atoms with Gasteiger partial charge < -0.3 is 10.2 Å². The number of aromatic nitrogens is 2. The van der Waals surface area contributed by atoms with Gasteiger partial charge in [0.15, 0.2) is 0 Å². The highest BCUT2D eigenvalue weighted by Crippen LogP contribution is 2.26. The molecule has 124 valence electrons. The Morgan fingerprint density at radius 2 is 2.08 bits per heavy atom. The maximum absolute atomic E-state index is 13.0. The van der Waals surface area contributed by atoms with Crippen LogP contribution in [0.2, 0.25) is 0 Å². The third-order valence-corrected chi connectivity index (χ3v) is 4.62. The van der Waals surface area contributed by atoms with Gasteiger partial charge in [-0.1, -0.05) is 12.1 Å². The summed E-state index contributed by atoms with van der Waals surface area (Å²) in [6.07, 6.45) is 2.05. The molecule has 6 nitrogen and oxygen atoms in total. The molecule has 0 bridgehead atoms. The van der Waals surface area contributed by atoms with Crippen molar-refractivity contribution >= 4 is 11.8 Å². The van der Waals surface area contributed by atoms with E-state index in [4.69, 9.17) is 0 Å². The Morgan fingerprint density at radius 3 is 2.79 bits per heavy atom. The first kappa shape index (κ1) is 14.9. The fourth-order valence-electron chi connectivity index (χ4n) is 3.30. The van der Waals surface area contributed by atoms with E-state index in [2.05, 4.69) is 10.4 Å². The average Bonchev–Trinajstić information content (AvgIpc) is 3.26. The van der Waals surface area contributed by atoms with Crippen LogP contribution in [0.15, 0.2) is 30.5 Å². The zero-order valence-corrected chi connectivity index (χ0v) is 13.0. The first-order chi connectivity index (χ1) is 11.6. The third-order valence-electron chi connectivity index (χ3n) is 4.62. The summed E-state index contributed by atoms with van der Waals surface area (Å²) in [5, 5.41) is 7.08. The second kappa shape index (κ2) is 5.74. The van der Waals surface area contributed by atoms with Gasteiger partial charge in [0.25, 0.3) is 0 Å². The Kier molecular flexibility index (Phi) is 3.55. The van der Waals surface area contributed by atoms with E-state index in [1.165, 1.54) is 12.1 Å². The number of fused-ring (bicyclic) bond motifs is 1. The number of amides is 2. The molecule has 2 aliphatic heterocycles. The Bertz CT molecular complexity index is 799. The van der Waals surface area contributed by atoms with Gasteiger partial charge in [-0.05, 0) is 17.7 Å². The van der Waals surface area contributed by atoms with Crippen LogP contribution in [-0.4, -0.2) is 33.0 Å². The summed E-state index contributed by atoms with van der Waals surface area (Å²) < 4.78 is 14.9. The number of halogens is 1. The Morgan fingerprint density at radius 1 is 1.29 bits per heavy atom. The number of carbonyl (C=O) groups excluding carboxylic acids is 2. The zero-order chi connectivity index (χ0) is 16.7. The molecule has 1 aromatic heterocycles. The second-order valence-electron chi connectivity index (χ2n) is 6.30. The van der Waals surface area contributed by atoms with Gasteiger partial charge >= 0.3 is 0 Å². The molecule has 0 saturated carbocycles. The van der Waals surface area contributed by atoms with Crippen molar-refractivity contribution in [2.24, 2.45) is 5.92 Å². The van der Waals surface area contributed by atoms with E-state index in [0.29, 0.717) is 26.2 Å². The molecule has 0 unspecified atom stereocenters. The molecule has 0 radical (unpaired) electrons. The molecule has 0 aliphatic carbocycles. The number of hydrogen-bond donors (Lipinski definition) is 1. The van der Waals surface area contributed by atoms with Crippen molar-refractivity contribution in [2.75, 3.05) is 6.54 Å². The molecule has 2 aliphatic rings. The van der Waals surface area contributed by atoms with E-state index in [1.807, 2.05) is 4.68 Å². The minimum absolute atomic E-state index is 0.0119. The van der Waals surface area contributed by atoms with Gasteiger partial charge in [-0.2, -0.15) is 5.10 Å². The molecule has 0 spiro atoms. The summed E-state index contributed by atoms with van der Waals surface area (Å²) in [5.74, 6) is -0.577. The molecule has 3 heterocycles. The van der Waals surface area contributed by atoms with E-state index in [0.717, 1.165) is 16.8 Å². The lowest BCUT2D eigenvalue weighted by atomic mass is 10.1. The van der Waals surface area contributed by atoms with Crippen LogP contribution in [-0.2, 0) is 29.2 Å². The second-order valence-corrected chi connectivity index (χ2v) is 6.30. The topological polar surface area (TPSA) is 67.2 Å². The zero-order valence-electron chi connectivity index (χ0n) is 13.0. The highest BCUT2D eigenvalue weighted by atomic mass is 19.1. The van der Waals surface area contributed by atoms with Crippen molar-refractivity contribution in [3.8, 4) is 0 Å². The van der Waals surface area contributed by atoms with E-state index in [9.17, 15) is 14.0 Å². The first-order valence-electron chi connectivity index (χ1n) is 7.93. The fraction of sp³-hybridized carbons (Fsp3) is 0.353. The van der Waals surface area contributed by atoms with Crippen LogP contribution in [0.1, 0.15) is 23.2 Å². The van der Waals surface area contributed by atoms with Crippen LogP contribution in [0.4, 0.5) is 4.39 Å². The Hall–Kier alpha value is -2.70. The van der Waals surface area contributed by atoms with Crippen LogP contribution in [0.3, 0.4) is 0 Å². The summed E-state index contributed by atoms with van der Waals surface area (Å²) in [6, 6.07) is 6.33. The maximum Gasteiger partial charge on any atom is 0.228 e. The van der Waals surface area contributed by atoms with Gasteiger partial charge in [0.05, 0.1) is 30.9 Å². The van der Waals surface area contributed by atoms with E-state index < -0.39 is 0 Å². The van der Waals surface area contributed by atoms with E-state index >= 15 is 0 Å². The van der Waals surface area contributed by atoms with Gasteiger partial charge in [-0.15, -0.1) is 0 Å². The van der Waals surface area contributed by atoms with Crippen LogP contribution in [0.25, 0.3) is 0 Å². The number of hydrogen-bond acceptors (Lipinski definition) is 3. The molecule has 2 aromatic rings. The van der Waals surface area contributed by atoms with E-state index in [-0.39, 0.29) is 30.0 Å². The quantitative estimate of drug-likeness (QED) is 0.916. The van der Waals surface area contributed by atoms with Crippen molar-refractivity contribution in [2.45, 2.75) is 26.1 Å². The molecule has 2 amide bonds. The molecular formula is C17H17FN4O2. The maximum atomic E-state index is 13.0. The molecule has 1 aromatic carbocycles. The Balaban J connectivity index is 1.47. The number of nitrogens with one attached hydrogen (secondary N) is 1. The van der Waals surface area contributed by atoms with Crippen molar-refractivity contribution in [1.82, 2.24) is 20.0 Å². The predicted octanol–water partition coefficient (Wildman–Crippen LogP) is 1.05. The molecule has 24 heavy (non-hydrogen) atoms. The largest absolute Gasteiger partial charge is 0.355 e. The summed E-state index contributed by atoms with van der Waals surface area (Å²) in [7, 11) is 0. The lowest BCUT2D eigenvalue weighted by Gasteiger charge is -2.19. The van der Waals surface area contributed by atoms with E-state index in [1.54, 1.807) is 23.2 Å². The standard InChI is InChI=1S/C17H17FN4O2/c18-14-3-1-11(2-4-14)8-22-15-10-21(9-13(15)7-20-22)17(24)12-5-16(23)19-6-12/h1-4,7,12H,5-6,8-10H2,(H,19,23)/t12-/m0/s1. The third kappa shape index (κ3) is 2.66. The number of rotatable bonds is 3.